The van der Waals surface area contributed by atoms with Crippen molar-refractivity contribution in [3.63, 3.8) is 0 Å². The van der Waals surface area contributed by atoms with E-state index in [2.05, 4.69) is 19.6 Å². The maximum Gasteiger partial charge on any atom is 0.573 e. The van der Waals surface area contributed by atoms with Crippen LogP contribution in [0.5, 0.6) is 5.75 Å². The second kappa shape index (κ2) is 6.00. The van der Waals surface area contributed by atoms with E-state index in [1.165, 1.54) is 12.1 Å². The van der Waals surface area contributed by atoms with Gasteiger partial charge < -0.3 is 14.6 Å². The molecule has 0 atom stereocenters. The first-order chi connectivity index (χ1) is 10.5. The molecule has 3 rings (SSSR count). The van der Waals surface area contributed by atoms with E-state index in [-0.39, 0.29) is 5.75 Å². The number of rotatable bonds is 3. The van der Waals surface area contributed by atoms with Gasteiger partial charge in [-0.2, -0.15) is 0 Å². The summed E-state index contributed by atoms with van der Waals surface area (Å²) in [4.78, 5) is 4.35. The van der Waals surface area contributed by atoms with Crippen molar-refractivity contribution in [3.05, 3.63) is 36.7 Å². The summed E-state index contributed by atoms with van der Waals surface area (Å²) >= 11 is 0. The van der Waals surface area contributed by atoms with E-state index < -0.39 is 6.36 Å². The van der Waals surface area contributed by atoms with E-state index in [1.54, 1.807) is 18.3 Å². The van der Waals surface area contributed by atoms with Crippen LogP contribution >= 0.6 is 0 Å². The first-order valence-corrected chi connectivity index (χ1v) is 7.13. The number of piperidine rings is 1. The highest BCUT2D eigenvalue weighted by Crippen LogP contribution is 2.29. The largest absolute Gasteiger partial charge is 0.573 e. The third-order valence-corrected chi connectivity index (χ3v) is 3.72. The fourth-order valence-corrected chi connectivity index (χ4v) is 2.72. The molecule has 2 heterocycles. The van der Waals surface area contributed by atoms with Crippen molar-refractivity contribution < 1.29 is 17.9 Å². The first-order valence-electron chi connectivity index (χ1n) is 7.13. The van der Waals surface area contributed by atoms with Crippen molar-refractivity contribution in [3.8, 4) is 17.1 Å². The summed E-state index contributed by atoms with van der Waals surface area (Å²) in [6, 6.07) is 6.18. The minimum atomic E-state index is -4.67. The van der Waals surface area contributed by atoms with Crippen LogP contribution in [0, 0.1) is 0 Å². The molecular formula is C15H16F3N3O. The monoisotopic (exact) mass is 311 g/mol. The molecule has 22 heavy (non-hydrogen) atoms. The molecule has 118 valence electrons. The van der Waals surface area contributed by atoms with Crippen LogP contribution in [-0.4, -0.2) is 29.0 Å². The molecule has 2 aromatic rings. The smallest absolute Gasteiger partial charge is 0.406 e. The Morgan fingerprint density at radius 2 is 1.82 bits per heavy atom. The van der Waals surface area contributed by atoms with E-state index in [0.29, 0.717) is 6.04 Å². The SMILES string of the molecule is FC(F)(F)Oc1ccc(-c2nccn2C2CCNCC2)cc1. The number of nitrogens with zero attached hydrogens (tertiary/aromatic N) is 2. The van der Waals surface area contributed by atoms with Gasteiger partial charge in [0, 0.05) is 24.0 Å². The Labute approximate surface area is 125 Å². The molecule has 4 nitrogen and oxygen atoms in total. The molecule has 7 heteroatoms. The zero-order valence-electron chi connectivity index (χ0n) is 11.8. The summed E-state index contributed by atoms with van der Waals surface area (Å²) in [5.74, 6) is 0.543. The molecule has 0 amide bonds. The Hall–Kier alpha value is -2.02. The zero-order chi connectivity index (χ0) is 15.6. The second-order valence-corrected chi connectivity index (χ2v) is 5.21. The normalized spacial score (nSPS) is 16.7. The van der Waals surface area contributed by atoms with Crippen molar-refractivity contribution in [2.45, 2.75) is 25.2 Å². The fourth-order valence-electron chi connectivity index (χ4n) is 2.72. The molecule has 1 aliphatic rings. The third kappa shape index (κ3) is 3.41. The molecule has 0 unspecified atom stereocenters. The summed E-state index contributed by atoms with van der Waals surface area (Å²) in [5.41, 5.74) is 0.776. The van der Waals surface area contributed by atoms with Gasteiger partial charge in [-0.05, 0) is 50.2 Å². The highest BCUT2D eigenvalue weighted by molar-refractivity contribution is 5.57. The minimum absolute atomic E-state index is 0.226. The van der Waals surface area contributed by atoms with Crippen LogP contribution < -0.4 is 10.1 Å². The summed E-state index contributed by atoms with van der Waals surface area (Å²) in [7, 11) is 0. The highest BCUT2D eigenvalue weighted by Gasteiger charge is 2.31. The zero-order valence-corrected chi connectivity index (χ0v) is 11.8. The van der Waals surface area contributed by atoms with Crippen LogP contribution in [0.15, 0.2) is 36.7 Å². The van der Waals surface area contributed by atoms with E-state index in [9.17, 15) is 13.2 Å². The van der Waals surface area contributed by atoms with Gasteiger partial charge in [0.2, 0.25) is 0 Å². The Balaban J connectivity index is 1.81. The molecule has 1 aliphatic heterocycles. The average Bonchev–Trinajstić information content (AvgIpc) is 2.97. The van der Waals surface area contributed by atoms with Gasteiger partial charge in [0.1, 0.15) is 11.6 Å². The lowest BCUT2D eigenvalue weighted by atomic mass is 10.1. The Morgan fingerprint density at radius 1 is 1.14 bits per heavy atom. The van der Waals surface area contributed by atoms with E-state index >= 15 is 0 Å². The molecule has 1 aromatic heterocycles. The summed E-state index contributed by atoms with van der Waals surface area (Å²) in [6.07, 6.45) is 0.995. The Morgan fingerprint density at radius 3 is 2.45 bits per heavy atom. The maximum atomic E-state index is 12.2. The second-order valence-electron chi connectivity index (χ2n) is 5.21. The number of benzene rings is 1. The van der Waals surface area contributed by atoms with E-state index in [1.807, 2.05) is 6.20 Å². The van der Waals surface area contributed by atoms with Gasteiger partial charge in [0.05, 0.1) is 0 Å². The summed E-state index contributed by atoms with van der Waals surface area (Å²) in [6.45, 7) is 1.92. The fraction of sp³-hybridized carbons (Fsp3) is 0.400. The molecule has 0 saturated carbocycles. The Bertz CT molecular complexity index is 616. The van der Waals surface area contributed by atoms with Gasteiger partial charge in [-0.3, -0.25) is 0 Å². The first kappa shape index (κ1) is 14.9. The van der Waals surface area contributed by atoms with E-state index in [0.717, 1.165) is 37.3 Å². The Kier molecular flexibility index (Phi) is 4.06. The van der Waals surface area contributed by atoms with Gasteiger partial charge in [-0.1, -0.05) is 0 Å². The molecule has 0 spiro atoms. The molecule has 0 bridgehead atoms. The predicted molar refractivity (Wildman–Crippen MR) is 75.5 cm³/mol. The molecule has 0 aliphatic carbocycles. The molecule has 1 fully saturated rings. The average molecular weight is 311 g/mol. The number of alkyl halides is 3. The van der Waals surface area contributed by atoms with Gasteiger partial charge >= 0.3 is 6.36 Å². The summed E-state index contributed by atoms with van der Waals surface area (Å²) in [5, 5.41) is 3.31. The molecule has 0 radical (unpaired) electrons. The minimum Gasteiger partial charge on any atom is -0.406 e. The van der Waals surface area contributed by atoms with Crippen LogP contribution in [0.4, 0.5) is 13.2 Å². The predicted octanol–water partition coefficient (Wildman–Crippen LogP) is 3.37. The van der Waals surface area contributed by atoms with Crippen LogP contribution in [0.25, 0.3) is 11.4 Å². The lowest BCUT2D eigenvalue weighted by Crippen LogP contribution is -2.29. The van der Waals surface area contributed by atoms with Crippen LogP contribution in [0.3, 0.4) is 0 Å². The number of ether oxygens (including phenoxy) is 1. The number of aromatic nitrogens is 2. The highest BCUT2D eigenvalue weighted by atomic mass is 19.4. The van der Waals surface area contributed by atoms with Crippen molar-refractivity contribution in [1.29, 1.82) is 0 Å². The lowest BCUT2D eigenvalue weighted by Gasteiger charge is -2.25. The van der Waals surface area contributed by atoms with Crippen molar-refractivity contribution in [2.75, 3.05) is 13.1 Å². The standard InChI is InChI=1S/C15H16F3N3O/c16-15(17,18)22-13-3-1-11(2-4-13)14-20-9-10-21(14)12-5-7-19-8-6-12/h1-4,9-10,12,19H,5-8H2. The van der Waals surface area contributed by atoms with Crippen LogP contribution in [-0.2, 0) is 0 Å². The van der Waals surface area contributed by atoms with E-state index in [4.69, 9.17) is 0 Å². The molecule has 1 N–H and O–H groups in total. The quantitative estimate of drug-likeness (QED) is 0.944. The molecular weight excluding hydrogens is 295 g/mol. The number of hydrogen-bond acceptors (Lipinski definition) is 3. The maximum absolute atomic E-state index is 12.2. The number of hydrogen-bond donors (Lipinski definition) is 1. The topological polar surface area (TPSA) is 39.1 Å². The number of nitrogens with one attached hydrogen (secondary N) is 1. The summed E-state index contributed by atoms with van der Waals surface area (Å²) < 4.78 is 42.5. The van der Waals surface area contributed by atoms with Crippen molar-refractivity contribution in [2.24, 2.45) is 0 Å². The van der Waals surface area contributed by atoms with Gasteiger partial charge in [-0.15, -0.1) is 13.2 Å². The van der Waals surface area contributed by atoms with Crippen molar-refractivity contribution in [1.82, 2.24) is 14.9 Å². The third-order valence-electron chi connectivity index (χ3n) is 3.72. The van der Waals surface area contributed by atoms with Crippen molar-refractivity contribution >= 4 is 0 Å². The number of imidazole rings is 1. The number of halogens is 3. The van der Waals surface area contributed by atoms with Gasteiger partial charge in [-0.25, -0.2) is 4.98 Å². The van der Waals surface area contributed by atoms with Gasteiger partial charge in [0.25, 0.3) is 0 Å². The molecule has 1 aromatic carbocycles. The molecule has 1 saturated heterocycles. The van der Waals surface area contributed by atoms with Gasteiger partial charge in [0.15, 0.2) is 0 Å². The lowest BCUT2D eigenvalue weighted by molar-refractivity contribution is -0.274. The van der Waals surface area contributed by atoms with Crippen LogP contribution in [0.2, 0.25) is 0 Å². The van der Waals surface area contributed by atoms with Crippen LogP contribution in [0.1, 0.15) is 18.9 Å².